The Balaban J connectivity index is 2.11. The lowest BCUT2D eigenvalue weighted by Gasteiger charge is -2.32. The molecular formula is C14H21N5. The maximum atomic E-state index is 4.55. The summed E-state index contributed by atoms with van der Waals surface area (Å²) < 4.78 is 0. The maximum absolute atomic E-state index is 4.55. The highest BCUT2D eigenvalue weighted by Crippen LogP contribution is 2.24. The zero-order valence-electron chi connectivity index (χ0n) is 11.4. The number of anilines is 2. The molecule has 102 valence electrons. The third kappa shape index (κ3) is 3.32. The van der Waals surface area contributed by atoms with E-state index in [1.807, 2.05) is 12.3 Å². The van der Waals surface area contributed by atoms with Crippen LogP contribution in [0.15, 0.2) is 31.5 Å². The van der Waals surface area contributed by atoms with Gasteiger partial charge in [0.2, 0.25) is 5.95 Å². The van der Waals surface area contributed by atoms with Crippen molar-refractivity contribution in [2.75, 3.05) is 36.9 Å². The molecule has 0 amide bonds. The summed E-state index contributed by atoms with van der Waals surface area (Å²) in [6, 6.07) is 0.422. The molecule has 1 aliphatic rings. The lowest BCUT2D eigenvalue weighted by atomic mass is 10.0. The minimum atomic E-state index is 0.422. The number of nitrogens with one attached hydrogen (secondary N) is 2. The fourth-order valence-corrected chi connectivity index (χ4v) is 2.25. The van der Waals surface area contributed by atoms with Gasteiger partial charge in [-0.25, -0.2) is 4.98 Å². The second-order valence-electron chi connectivity index (χ2n) is 4.69. The summed E-state index contributed by atoms with van der Waals surface area (Å²) in [6.45, 7) is 9.85. The van der Waals surface area contributed by atoms with Gasteiger partial charge in [0.15, 0.2) is 0 Å². The van der Waals surface area contributed by atoms with Gasteiger partial charge in [0.25, 0.3) is 0 Å². The largest absolute Gasteiger partial charge is 0.358 e. The zero-order chi connectivity index (χ0) is 13.7. The molecule has 1 aromatic heterocycles. The molecule has 0 aromatic carbocycles. The summed E-state index contributed by atoms with van der Waals surface area (Å²) >= 11 is 0. The van der Waals surface area contributed by atoms with E-state index in [0.29, 0.717) is 18.5 Å². The van der Waals surface area contributed by atoms with Crippen molar-refractivity contribution in [2.24, 2.45) is 0 Å². The summed E-state index contributed by atoms with van der Waals surface area (Å²) in [4.78, 5) is 11.1. The summed E-state index contributed by atoms with van der Waals surface area (Å²) in [5, 5.41) is 6.56. The molecule has 2 N–H and O–H groups in total. The normalized spacial score (nSPS) is 17.7. The summed E-state index contributed by atoms with van der Waals surface area (Å²) in [6.07, 6.45) is 6.54. The van der Waals surface area contributed by atoms with E-state index >= 15 is 0 Å². The van der Waals surface area contributed by atoms with Crippen molar-refractivity contribution in [2.45, 2.75) is 12.5 Å². The molecule has 1 aliphatic heterocycles. The quantitative estimate of drug-likeness (QED) is 0.752. The molecule has 5 heteroatoms. The van der Waals surface area contributed by atoms with Gasteiger partial charge in [0.1, 0.15) is 5.82 Å². The number of aromatic nitrogens is 2. The third-order valence-corrected chi connectivity index (χ3v) is 3.12. The molecule has 2 heterocycles. The Labute approximate surface area is 114 Å². The van der Waals surface area contributed by atoms with Crippen LogP contribution in [0, 0.1) is 0 Å². The molecular weight excluding hydrogens is 238 g/mol. The molecule has 1 atom stereocenters. The Kier molecular flexibility index (Phi) is 4.52. The van der Waals surface area contributed by atoms with Crippen LogP contribution in [0.25, 0.3) is 0 Å². The Morgan fingerprint density at radius 1 is 1.42 bits per heavy atom. The smallest absolute Gasteiger partial charge is 0.224 e. The third-order valence-electron chi connectivity index (χ3n) is 3.12. The summed E-state index contributed by atoms with van der Waals surface area (Å²) in [5.41, 5.74) is 1.18. The van der Waals surface area contributed by atoms with Crippen LogP contribution in [-0.2, 0) is 6.42 Å². The van der Waals surface area contributed by atoms with Crippen LogP contribution < -0.4 is 15.5 Å². The Morgan fingerprint density at radius 2 is 2.21 bits per heavy atom. The van der Waals surface area contributed by atoms with Crippen LogP contribution in [0.4, 0.5) is 11.8 Å². The van der Waals surface area contributed by atoms with Crippen molar-refractivity contribution in [3.8, 4) is 0 Å². The second-order valence-corrected chi connectivity index (χ2v) is 4.69. The minimum Gasteiger partial charge on any atom is -0.358 e. The minimum absolute atomic E-state index is 0.422. The van der Waals surface area contributed by atoms with Crippen LogP contribution in [0.3, 0.4) is 0 Å². The first kappa shape index (κ1) is 13.5. The van der Waals surface area contributed by atoms with Crippen molar-refractivity contribution in [3.05, 3.63) is 37.1 Å². The van der Waals surface area contributed by atoms with Gasteiger partial charge in [-0.15, -0.1) is 13.2 Å². The lowest BCUT2D eigenvalue weighted by molar-refractivity contribution is 0.514. The van der Waals surface area contributed by atoms with Crippen LogP contribution in [0.5, 0.6) is 0 Å². The van der Waals surface area contributed by atoms with Gasteiger partial charge in [-0.1, -0.05) is 12.2 Å². The van der Waals surface area contributed by atoms with E-state index < -0.39 is 0 Å². The highest BCUT2D eigenvalue weighted by molar-refractivity contribution is 5.51. The van der Waals surface area contributed by atoms with E-state index in [-0.39, 0.29) is 0 Å². The van der Waals surface area contributed by atoms with E-state index in [1.54, 1.807) is 6.08 Å². The van der Waals surface area contributed by atoms with E-state index in [1.165, 1.54) is 5.56 Å². The fraction of sp³-hybridized carbons (Fsp3) is 0.429. The van der Waals surface area contributed by atoms with E-state index in [9.17, 15) is 0 Å². The molecule has 1 unspecified atom stereocenters. The van der Waals surface area contributed by atoms with Crippen molar-refractivity contribution >= 4 is 11.8 Å². The predicted octanol–water partition coefficient (Wildman–Crippen LogP) is 1.21. The summed E-state index contributed by atoms with van der Waals surface area (Å²) in [5.74, 6) is 1.67. The molecule has 5 nitrogen and oxygen atoms in total. The van der Waals surface area contributed by atoms with Gasteiger partial charge in [0.05, 0.1) is 0 Å². The van der Waals surface area contributed by atoms with Crippen LogP contribution in [-0.4, -0.2) is 42.7 Å². The number of rotatable bonds is 6. The molecule has 0 bridgehead atoms. The molecule has 0 radical (unpaired) electrons. The van der Waals surface area contributed by atoms with E-state index in [0.717, 1.165) is 25.3 Å². The van der Waals surface area contributed by atoms with Gasteiger partial charge < -0.3 is 15.5 Å². The predicted molar refractivity (Wildman–Crippen MR) is 79.7 cm³/mol. The molecule has 2 rings (SSSR count). The Bertz CT molecular complexity index is 457. The van der Waals surface area contributed by atoms with Gasteiger partial charge in [-0.2, -0.15) is 4.98 Å². The van der Waals surface area contributed by atoms with E-state index in [2.05, 4.69) is 45.7 Å². The van der Waals surface area contributed by atoms with Crippen LogP contribution in [0.2, 0.25) is 0 Å². The molecule has 0 saturated heterocycles. The van der Waals surface area contributed by atoms with Gasteiger partial charge >= 0.3 is 0 Å². The van der Waals surface area contributed by atoms with Crippen molar-refractivity contribution in [1.29, 1.82) is 0 Å². The Hall–Kier alpha value is -1.88. The zero-order valence-corrected chi connectivity index (χ0v) is 11.4. The molecule has 0 aliphatic carbocycles. The molecule has 1 aromatic rings. The molecule has 19 heavy (non-hydrogen) atoms. The average molecular weight is 259 g/mol. The standard InChI is InChI=1S/C14H21N5/c1-4-6-15-12-8-11-9-17-14(16-7-5-2)18-13(11)19(3)10-12/h4-5,9,12,15H,1-2,6-8,10H2,3H3,(H,16,17,18). The van der Waals surface area contributed by atoms with Gasteiger partial charge in [-0.05, 0) is 6.42 Å². The number of likely N-dealkylation sites (N-methyl/N-ethyl adjacent to an activating group) is 1. The van der Waals surface area contributed by atoms with Crippen molar-refractivity contribution in [1.82, 2.24) is 15.3 Å². The summed E-state index contributed by atoms with van der Waals surface area (Å²) in [7, 11) is 2.06. The van der Waals surface area contributed by atoms with Crippen LogP contribution >= 0.6 is 0 Å². The highest BCUT2D eigenvalue weighted by atomic mass is 15.2. The van der Waals surface area contributed by atoms with Gasteiger partial charge in [-0.3, -0.25) is 0 Å². The first-order chi connectivity index (χ1) is 9.24. The number of fused-ring (bicyclic) bond motifs is 1. The lowest BCUT2D eigenvalue weighted by Crippen LogP contribution is -2.45. The number of hydrogen-bond acceptors (Lipinski definition) is 5. The Morgan fingerprint density at radius 3 is 2.95 bits per heavy atom. The molecule has 0 fully saturated rings. The average Bonchev–Trinajstić information content (AvgIpc) is 2.43. The first-order valence-electron chi connectivity index (χ1n) is 6.50. The second kappa shape index (κ2) is 6.33. The molecule has 0 saturated carbocycles. The van der Waals surface area contributed by atoms with Gasteiger partial charge in [0, 0.05) is 44.5 Å². The maximum Gasteiger partial charge on any atom is 0.224 e. The van der Waals surface area contributed by atoms with E-state index in [4.69, 9.17) is 0 Å². The number of hydrogen-bond donors (Lipinski definition) is 2. The highest BCUT2D eigenvalue weighted by Gasteiger charge is 2.23. The van der Waals surface area contributed by atoms with Crippen molar-refractivity contribution < 1.29 is 0 Å². The van der Waals surface area contributed by atoms with Crippen LogP contribution in [0.1, 0.15) is 5.56 Å². The number of nitrogens with zero attached hydrogens (tertiary/aromatic N) is 3. The topological polar surface area (TPSA) is 53.1 Å². The first-order valence-corrected chi connectivity index (χ1v) is 6.50. The fourth-order valence-electron chi connectivity index (χ4n) is 2.25. The molecule has 0 spiro atoms. The van der Waals surface area contributed by atoms with Crippen molar-refractivity contribution in [3.63, 3.8) is 0 Å². The SMILES string of the molecule is C=CCNc1ncc2c(n1)N(C)CC(NCC=C)C2. The monoisotopic (exact) mass is 259 g/mol.